The molecule has 4 rings (SSSR count). The summed E-state index contributed by atoms with van der Waals surface area (Å²) in [4.78, 5) is 2.52. The number of aromatic nitrogens is 2. The van der Waals surface area contributed by atoms with Crippen molar-refractivity contribution in [2.75, 3.05) is 19.5 Å². The van der Waals surface area contributed by atoms with Gasteiger partial charge in [0, 0.05) is 27.1 Å². The molecule has 2 N–H and O–H groups in total. The molecule has 2 heterocycles. The number of aryl methyl sites for hydroxylation is 1. The summed E-state index contributed by atoms with van der Waals surface area (Å²) in [6.07, 6.45) is 0. The molecule has 0 amide bonds. The Morgan fingerprint density at radius 3 is 2.66 bits per heavy atom. The molecule has 0 spiro atoms. The van der Waals surface area contributed by atoms with Crippen molar-refractivity contribution in [2.45, 2.75) is 20.0 Å². The average molecular weight is 405 g/mol. The summed E-state index contributed by atoms with van der Waals surface area (Å²) in [5.41, 5.74) is 3.50. The van der Waals surface area contributed by atoms with Crippen LogP contribution in [0, 0.1) is 6.92 Å². The van der Waals surface area contributed by atoms with E-state index in [-0.39, 0.29) is 0 Å². The van der Waals surface area contributed by atoms with Crippen LogP contribution in [0.3, 0.4) is 0 Å². The molecular formula is C23H24N4OS. The predicted octanol–water partition coefficient (Wildman–Crippen LogP) is 5.01. The zero-order valence-electron chi connectivity index (χ0n) is 16.8. The van der Waals surface area contributed by atoms with E-state index in [0.29, 0.717) is 6.54 Å². The summed E-state index contributed by atoms with van der Waals surface area (Å²) in [6.45, 7) is 3.52. The molecule has 5 nitrogen and oxygen atoms in total. The predicted molar refractivity (Wildman–Crippen MR) is 121 cm³/mol. The minimum atomic E-state index is 0.697. The highest BCUT2D eigenvalue weighted by Crippen LogP contribution is 2.32. The molecule has 0 saturated heterocycles. The van der Waals surface area contributed by atoms with Crippen LogP contribution in [0.25, 0.3) is 21.2 Å². The van der Waals surface area contributed by atoms with Crippen molar-refractivity contribution in [1.82, 2.24) is 15.5 Å². The standard InChI is InChI=1S/C23H24N4OS/c1-15-19-10-8-17(28-3)12-21(19)23(27-26-15)25-14-18-9-11-22(29-18)20-7-5-4-6-16(20)13-24-2/h4-12,24H,13-14H2,1-3H3,(H,25,27). The molecule has 0 unspecified atom stereocenters. The number of nitrogens with zero attached hydrogens (tertiary/aromatic N) is 2. The van der Waals surface area contributed by atoms with Gasteiger partial charge in [0.15, 0.2) is 5.82 Å². The lowest BCUT2D eigenvalue weighted by molar-refractivity contribution is 0.415. The molecule has 4 aromatic rings. The van der Waals surface area contributed by atoms with Gasteiger partial charge in [0.25, 0.3) is 0 Å². The monoisotopic (exact) mass is 404 g/mol. The Labute approximate surface area is 174 Å². The van der Waals surface area contributed by atoms with Crippen molar-refractivity contribution in [1.29, 1.82) is 0 Å². The van der Waals surface area contributed by atoms with Gasteiger partial charge in [-0.2, -0.15) is 5.10 Å². The molecule has 148 valence electrons. The van der Waals surface area contributed by atoms with Crippen LogP contribution in [-0.2, 0) is 13.1 Å². The molecule has 6 heteroatoms. The van der Waals surface area contributed by atoms with Crippen LogP contribution >= 0.6 is 11.3 Å². The van der Waals surface area contributed by atoms with E-state index in [9.17, 15) is 0 Å². The van der Waals surface area contributed by atoms with Gasteiger partial charge in [0.05, 0.1) is 19.3 Å². The lowest BCUT2D eigenvalue weighted by Crippen LogP contribution is -2.05. The van der Waals surface area contributed by atoms with E-state index in [0.717, 1.165) is 34.6 Å². The molecule has 2 aromatic carbocycles. The fourth-order valence-corrected chi connectivity index (χ4v) is 4.43. The maximum atomic E-state index is 5.38. The van der Waals surface area contributed by atoms with Gasteiger partial charge in [-0.1, -0.05) is 24.3 Å². The minimum Gasteiger partial charge on any atom is -0.497 e. The van der Waals surface area contributed by atoms with Crippen molar-refractivity contribution in [3.63, 3.8) is 0 Å². The molecule has 0 atom stereocenters. The fourth-order valence-electron chi connectivity index (χ4n) is 3.42. The first kappa shape index (κ1) is 19.4. The topological polar surface area (TPSA) is 59.1 Å². The molecule has 2 aromatic heterocycles. The van der Waals surface area contributed by atoms with Crippen LogP contribution < -0.4 is 15.4 Å². The maximum Gasteiger partial charge on any atom is 0.157 e. The third-order valence-corrected chi connectivity index (χ3v) is 6.03. The summed E-state index contributed by atoms with van der Waals surface area (Å²) in [5.74, 6) is 1.59. The first-order valence-electron chi connectivity index (χ1n) is 9.56. The van der Waals surface area contributed by atoms with E-state index in [1.807, 2.05) is 32.2 Å². The number of benzene rings is 2. The van der Waals surface area contributed by atoms with Gasteiger partial charge in [-0.3, -0.25) is 0 Å². The van der Waals surface area contributed by atoms with Crippen LogP contribution in [0.1, 0.15) is 16.1 Å². The van der Waals surface area contributed by atoms with E-state index in [1.54, 1.807) is 18.4 Å². The number of hydrogen-bond donors (Lipinski definition) is 2. The number of rotatable bonds is 7. The van der Waals surface area contributed by atoms with E-state index >= 15 is 0 Å². The van der Waals surface area contributed by atoms with Gasteiger partial charge in [-0.25, -0.2) is 0 Å². The van der Waals surface area contributed by atoms with Crippen LogP contribution in [-0.4, -0.2) is 24.4 Å². The number of hydrogen-bond acceptors (Lipinski definition) is 6. The average Bonchev–Trinajstić information content (AvgIpc) is 3.22. The summed E-state index contributed by atoms with van der Waals surface area (Å²) >= 11 is 1.80. The second kappa shape index (κ2) is 8.59. The second-order valence-corrected chi connectivity index (χ2v) is 8.02. The Hall–Kier alpha value is -2.96. The van der Waals surface area contributed by atoms with Gasteiger partial charge in [-0.15, -0.1) is 16.4 Å². The van der Waals surface area contributed by atoms with Crippen LogP contribution in [0.15, 0.2) is 54.6 Å². The number of thiophene rings is 1. The zero-order valence-corrected chi connectivity index (χ0v) is 17.6. The number of anilines is 1. The SMILES string of the molecule is CNCc1ccccc1-c1ccc(CNc2nnc(C)c3ccc(OC)cc23)s1. The lowest BCUT2D eigenvalue weighted by atomic mass is 10.1. The third-order valence-electron chi connectivity index (χ3n) is 4.91. The Morgan fingerprint density at radius 2 is 1.83 bits per heavy atom. The molecular weight excluding hydrogens is 380 g/mol. The highest BCUT2D eigenvalue weighted by atomic mass is 32.1. The van der Waals surface area contributed by atoms with Crippen molar-refractivity contribution in [3.05, 3.63) is 70.7 Å². The smallest absolute Gasteiger partial charge is 0.157 e. The number of methoxy groups -OCH3 is 1. The van der Waals surface area contributed by atoms with E-state index in [2.05, 4.69) is 57.2 Å². The molecule has 0 saturated carbocycles. The largest absolute Gasteiger partial charge is 0.497 e. The Bertz CT molecular complexity index is 1140. The van der Waals surface area contributed by atoms with Crippen LogP contribution in [0.4, 0.5) is 5.82 Å². The molecule has 0 fully saturated rings. The fraction of sp³-hybridized carbons (Fsp3) is 0.217. The number of fused-ring (bicyclic) bond motifs is 1. The molecule has 0 aliphatic rings. The summed E-state index contributed by atoms with van der Waals surface area (Å²) < 4.78 is 5.38. The first-order chi connectivity index (χ1) is 14.2. The highest BCUT2D eigenvalue weighted by Gasteiger charge is 2.10. The second-order valence-electron chi connectivity index (χ2n) is 6.85. The quantitative estimate of drug-likeness (QED) is 0.454. The summed E-state index contributed by atoms with van der Waals surface area (Å²) in [6, 6.07) is 18.9. The maximum absolute atomic E-state index is 5.38. The molecule has 0 aliphatic carbocycles. The van der Waals surface area contributed by atoms with Gasteiger partial charge >= 0.3 is 0 Å². The van der Waals surface area contributed by atoms with Gasteiger partial charge in [0.2, 0.25) is 0 Å². The van der Waals surface area contributed by atoms with Gasteiger partial charge < -0.3 is 15.4 Å². The number of ether oxygens (including phenoxy) is 1. The van der Waals surface area contributed by atoms with Crippen molar-refractivity contribution >= 4 is 27.9 Å². The third kappa shape index (κ3) is 4.09. The van der Waals surface area contributed by atoms with E-state index < -0.39 is 0 Å². The van der Waals surface area contributed by atoms with Crippen LogP contribution in [0.5, 0.6) is 5.75 Å². The van der Waals surface area contributed by atoms with Gasteiger partial charge in [0.1, 0.15) is 5.75 Å². The lowest BCUT2D eigenvalue weighted by Gasteiger charge is -2.10. The molecule has 0 aliphatic heterocycles. The van der Waals surface area contributed by atoms with Crippen molar-refractivity contribution in [2.24, 2.45) is 0 Å². The number of nitrogens with one attached hydrogen (secondary N) is 2. The van der Waals surface area contributed by atoms with Gasteiger partial charge in [-0.05, 0) is 55.4 Å². The highest BCUT2D eigenvalue weighted by molar-refractivity contribution is 7.15. The summed E-state index contributed by atoms with van der Waals surface area (Å²) in [5, 5.41) is 17.5. The minimum absolute atomic E-state index is 0.697. The zero-order chi connectivity index (χ0) is 20.2. The molecule has 0 bridgehead atoms. The van der Waals surface area contributed by atoms with E-state index in [4.69, 9.17) is 4.74 Å². The Kier molecular flexibility index (Phi) is 5.74. The van der Waals surface area contributed by atoms with Crippen LogP contribution in [0.2, 0.25) is 0 Å². The molecule has 0 radical (unpaired) electrons. The molecule has 29 heavy (non-hydrogen) atoms. The Balaban J connectivity index is 1.57. The van der Waals surface area contributed by atoms with Crippen molar-refractivity contribution in [3.8, 4) is 16.2 Å². The first-order valence-corrected chi connectivity index (χ1v) is 10.4. The van der Waals surface area contributed by atoms with E-state index in [1.165, 1.54) is 20.9 Å². The normalized spacial score (nSPS) is 11.0. The summed E-state index contributed by atoms with van der Waals surface area (Å²) in [7, 11) is 3.65. The Morgan fingerprint density at radius 1 is 0.966 bits per heavy atom. The van der Waals surface area contributed by atoms with Crippen molar-refractivity contribution < 1.29 is 4.74 Å².